The topological polar surface area (TPSA) is 83.3 Å². The van der Waals surface area contributed by atoms with Crippen LogP contribution in [-0.4, -0.2) is 40.9 Å². The Bertz CT molecular complexity index is 1220. The predicted octanol–water partition coefficient (Wildman–Crippen LogP) is 3.66. The highest BCUT2D eigenvalue weighted by atomic mass is 16.5. The SMILES string of the molecule is COC(=O)c1c(-c2ccc3ccncc3c2)nn(-c2ccccc2)c1C(=O)OC. The molecule has 7 nitrogen and oxygen atoms in total. The number of carbonyl (C=O) groups is 2. The van der Waals surface area contributed by atoms with Crippen LogP contribution in [0.1, 0.15) is 20.8 Å². The van der Waals surface area contributed by atoms with E-state index in [1.807, 2.05) is 42.5 Å². The fraction of sp³-hybridized carbons (Fsp3) is 0.0909. The van der Waals surface area contributed by atoms with Crippen molar-refractivity contribution >= 4 is 22.7 Å². The lowest BCUT2D eigenvalue weighted by atomic mass is 10.0. The summed E-state index contributed by atoms with van der Waals surface area (Å²) in [5.74, 6) is -1.36. The molecule has 0 amide bonds. The highest BCUT2D eigenvalue weighted by Crippen LogP contribution is 2.31. The summed E-state index contributed by atoms with van der Waals surface area (Å²) in [6.45, 7) is 0. The van der Waals surface area contributed by atoms with E-state index in [-0.39, 0.29) is 11.3 Å². The lowest BCUT2D eigenvalue weighted by molar-refractivity contribution is 0.0549. The lowest BCUT2D eigenvalue weighted by Crippen LogP contribution is -2.15. The zero-order valence-corrected chi connectivity index (χ0v) is 15.8. The Morgan fingerprint density at radius 3 is 2.38 bits per heavy atom. The van der Waals surface area contributed by atoms with Crippen LogP contribution in [0.15, 0.2) is 67.0 Å². The number of methoxy groups -OCH3 is 2. The molecule has 0 saturated heterocycles. The molecule has 4 aromatic rings. The Balaban J connectivity index is 2.03. The van der Waals surface area contributed by atoms with E-state index in [2.05, 4.69) is 10.1 Å². The van der Waals surface area contributed by atoms with Crippen molar-refractivity contribution in [1.82, 2.24) is 14.8 Å². The van der Waals surface area contributed by atoms with Crippen molar-refractivity contribution in [3.8, 4) is 16.9 Å². The van der Waals surface area contributed by atoms with Gasteiger partial charge in [-0.25, -0.2) is 14.3 Å². The van der Waals surface area contributed by atoms with Crippen molar-refractivity contribution in [2.45, 2.75) is 0 Å². The summed E-state index contributed by atoms with van der Waals surface area (Å²) in [5.41, 5.74) is 1.66. The van der Waals surface area contributed by atoms with Gasteiger partial charge in [-0.15, -0.1) is 0 Å². The molecule has 0 atom stereocenters. The minimum Gasteiger partial charge on any atom is -0.465 e. The molecule has 7 heteroatoms. The Labute approximate surface area is 166 Å². The summed E-state index contributed by atoms with van der Waals surface area (Å²) < 4.78 is 11.3. The average molecular weight is 387 g/mol. The molecule has 0 N–H and O–H groups in total. The first-order valence-corrected chi connectivity index (χ1v) is 8.83. The maximum absolute atomic E-state index is 12.7. The van der Waals surface area contributed by atoms with Crippen molar-refractivity contribution in [2.24, 2.45) is 0 Å². The van der Waals surface area contributed by atoms with Crippen LogP contribution in [0.5, 0.6) is 0 Å². The fourth-order valence-electron chi connectivity index (χ4n) is 3.19. The maximum atomic E-state index is 12.7. The van der Waals surface area contributed by atoms with E-state index in [1.54, 1.807) is 24.5 Å². The number of nitrogens with zero attached hydrogens (tertiary/aromatic N) is 3. The number of para-hydroxylation sites is 1. The molecule has 2 heterocycles. The molecule has 2 aromatic heterocycles. The van der Waals surface area contributed by atoms with Crippen LogP contribution in [0.2, 0.25) is 0 Å². The van der Waals surface area contributed by atoms with E-state index in [1.165, 1.54) is 18.9 Å². The third kappa shape index (κ3) is 3.23. The van der Waals surface area contributed by atoms with Crippen LogP contribution in [0.4, 0.5) is 0 Å². The van der Waals surface area contributed by atoms with E-state index in [0.29, 0.717) is 16.9 Å². The van der Waals surface area contributed by atoms with Gasteiger partial charge in [0.25, 0.3) is 0 Å². The van der Waals surface area contributed by atoms with Gasteiger partial charge in [0.2, 0.25) is 0 Å². The molecule has 0 saturated carbocycles. The van der Waals surface area contributed by atoms with Crippen LogP contribution in [0, 0.1) is 0 Å². The molecule has 0 aliphatic heterocycles. The van der Waals surface area contributed by atoms with Gasteiger partial charge in [0.15, 0.2) is 5.69 Å². The number of esters is 2. The van der Waals surface area contributed by atoms with Gasteiger partial charge in [0.05, 0.1) is 19.9 Å². The Hall–Kier alpha value is -4.00. The molecule has 0 aliphatic carbocycles. The summed E-state index contributed by atoms with van der Waals surface area (Å²) in [4.78, 5) is 29.4. The summed E-state index contributed by atoms with van der Waals surface area (Å²) in [7, 11) is 2.52. The Morgan fingerprint density at radius 1 is 0.897 bits per heavy atom. The van der Waals surface area contributed by atoms with Crippen LogP contribution in [-0.2, 0) is 9.47 Å². The van der Waals surface area contributed by atoms with E-state index in [9.17, 15) is 9.59 Å². The van der Waals surface area contributed by atoms with Crippen LogP contribution in [0.25, 0.3) is 27.7 Å². The standard InChI is InChI=1S/C22H17N3O4/c1-28-21(26)18-19(15-9-8-14-10-11-23-13-16(14)12-15)24-25(20(18)22(27)29-2)17-6-4-3-5-7-17/h3-13H,1-2H3. The molecular weight excluding hydrogens is 370 g/mol. The van der Waals surface area contributed by atoms with Gasteiger partial charge in [-0.1, -0.05) is 30.3 Å². The molecule has 0 bridgehead atoms. The van der Waals surface area contributed by atoms with E-state index >= 15 is 0 Å². The van der Waals surface area contributed by atoms with Gasteiger partial charge < -0.3 is 9.47 Å². The van der Waals surface area contributed by atoms with Gasteiger partial charge in [-0.2, -0.15) is 5.10 Å². The average Bonchev–Trinajstić information content (AvgIpc) is 3.19. The molecule has 2 aromatic carbocycles. The van der Waals surface area contributed by atoms with Gasteiger partial charge in [-0.3, -0.25) is 4.98 Å². The zero-order valence-electron chi connectivity index (χ0n) is 15.8. The molecule has 0 unspecified atom stereocenters. The van der Waals surface area contributed by atoms with Crippen LogP contribution in [0.3, 0.4) is 0 Å². The first-order chi connectivity index (χ1) is 14.1. The van der Waals surface area contributed by atoms with E-state index < -0.39 is 11.9 Å². The number of pyridine rings is 1. The second kappa shape index (κ2) is 7.55. The molecule has 0 spiro atoms. The second-order valence-electron chi connectivity index (χ2n) is 6.24. The molecule has 0 aliphatic rings. The molecule has 0 fully saturated rings. The third-order valence-electron chi connectivity index (χ3n) is 4.57. The zero-order chi connectivity index (χ0) is 20.4. The molecule has 0 radical (unpaired) electrons. The molecule has 29 heavy (non-hydrogen) atoms. The quantitative estimate of drug-likeness (QED) is 0.497. The van der Waals surface area contributed by atoms with E-state index in [4.69, 9.17) is 9.47 Å². The smallest absolute Gasteiger partial charge is 0.357 e. The number of fused-ring (bicyclic) bond motifs is 1. The second-order valence-corrected chi connectivity index (χ2v) is 6.24. The molecule has 144 valence electrons. The number of aromatic nitrogens is 3. The number of benzene rings is 2. The van der Waals surface area contributed by atoms with Gasteiger partial charge in [0, 0.05) is 23.3 Å². The summed E-state index contributed by atoms with van der Waals surface area (Å²) in [5, 5.41) is 6.47. The van der Waals surface area contributed by atoms with Crippen LogP contribution < -0.4 is 0 Å². The van der Waals surface area contributed by atoms with Gasteiger partial charge in [0.1, 0.15) is 11.3 Å². The normalized spacial score (nSPS) is 10.7. The predicted molar refractivity (Wildman–Crippen MR) is 107 cm³/mol. The number of hydrogen-bond donors (Lipinski definition) is 0. The van der Waals surface area contributed by atoms with Gasteiger partial charge >= 0.3 is 11.9 Å². The van der Waals surface area contributed by atoms with Crippen molar-refractivity contribution in [1.29, 1.82) is 0 Å². The van der Waals surface area contributed by atoms with Crippen molar-refractivity contribution < 1.29 is 19.1 Å². The first kappa shape index (κ1) is 18.4. The number of rotatable bonds is 4. The molecular formula is C22H17N3O4. The minimum atomic E-state index is -0.685. The number of carbonyl (C=O) groups excluding carboxylic acids is 2. The number of hydrogen-bond acceptors (Lipinski definition) is 6. The molecule has 4 rings (SSSR count). The Morgan fingerprint density at radius 2 is 1.66 bits per heavy atom. The summed E-state index contributed by atoms with van der Waals surface area (Å²) in [6.07, 6.45) is 3.44. The maximum Gasteiger partial charge on any atom is 0.357 e. The third-order valence-corrected chi connectivity index (χ3v) is 4.57. The van der Waals surface area contributed by atoms with Gasteiger partial charge in [-0.05, 0) is 29.7 Å². The highest BCUT2D eigenvalue weighted by Gasteiger charge is 2.31. The first-order valence-electron chi connectivity index (χ1n) is 8.83. The summed E-state index contributed by atoms with van der Waals surface area (Å²) >= 11 is 0. The highest BCUT2D eigenvalue weighted by molar-refractivity contribution is 6.07. The van der Waals surface area contributed by atoms with Crippen LogP contribution >= 0.6 is 0 Å². The Kier molecular flexibility index (Phi) is 4.78. The fourth-order valence-corrected chi connectivity index (χ4v) is 3.19. The van der Waals surface area contributed by atoms with Crippen molar-refractivity contribution in [3.63, 3.8) is 0 Å². The van der Waals surface area contributed by atoms with Crippen molar-refractivity contribution in [2.75, 3.05) is 14.2 Å². The van der Waals surface area contributed by atoms with E-state index in [0.717, 1.165) is 10.8 Å². The number of ether oxygens (including phenoxy) is 2. The monoisotopic (exact) mass is 387 g/mol. The lowest BCUT2D eigenvalue weighted by Gasteiger charge is -2.07. The van der Waals surface area contributed by atoms with Crippen molar-refractivity contribution in [3.05, 3.63) is 78.2 Å². The summed E-state index contributed by atoms with van der Waals surface area (Å²) in [6, 6.07) is 16.6. The minimum absolute atomic E-state index is 0.00633. The largest absolute Gasteiger partial charge is 0.465 e.